The Morgan fingerprint density at radius 2 is 1.37 bits per heavy atom. The molecule has 0 aromatic heterocycles. The minimum Gasteiger partial charge on any atom is -0.493 e. The zero-order chi connectivity index (χ0) is 25.6. The summed E-state index contributed by atoms with van der Waals surface area (Å²) < 4.78 is 59.9. The van der Waals surface area contributed by atoms with Crippen molar-refractivity contribution in [2.24, 2.45) is 0 Å². The van der Waals surface area contributed by atoms with Crippen molar-refractivity contribution in [1.82, 2.24) is 0 Å². The summed E-state index contributed by atoms with van der Waals surface area (Å²) in [4.78, 5) is -0.00538. The van der Waals surface area contributed by atoms with E-state index in [2.05, 4.69) is 0 Å². The Morgan fingerprint density at radius 1 is 0.857 bits per heavy atom. The number of benzene rings is 2. The lowest BCUT2D eigenvalue weighted by Gasteiger charge is -2.20. The highest BCUT2D eigenvalue weighted by atomic mass is 32.2. The number of hydrogen-bond acceptors (Lipinski definition) is 9. The van der Waals surface area contributed by atoms with Gasteiger partial charge in [0.05, 0.1) is 59.6 Å². The van der Waals surface area contributed by atoms with Crippen LogP contribution in [0.25, 0.3) is 0 Å². The fourth-order valence-corrected chi connectivity index (χ4v) is 5.37. The highest BCUT2D eigenvalue weighted by Gasteiger charge is 2.32. The van der Waals surface area contributed by atoms with Crippen molar-refractivity contribution in [1.29, 1.82) is 0 Å². The molecule has 0 radical (unpaired) electrons. The standard InChI is InChI=1S/C25H34O9S/c1-6-10-33-25-22(31-4)14-17(15-23(25)35(27,28)11-9-26)19-8-7-18(34-19)16-12-20(29-2)24(32-5)21(13-16)30-3/h12-15,18-19,26H,6-11H2,1-5H3/t18-,19-/m1/s1. The van der Waals surface area contributed by atoms with E-state index in [1.54, 1.807) is 33.5 Å². The maximum absolute atomic E-state index is 13.0. The maximum Gasteiger partial charge on any atom is 0.203 e. The lowest BCUT2D eigenvalue weighted by atomic mass is 10.0. The molecule has 1 aliphatic heterocycles. The maximum atomic E-state index is 13.0. The van der Waals surface area contributed by atoms with E-state index >= 15 is 0 Å². The molecule has 0 saturated carbocycles. The van der Waals surface area contributed by atoms with E-state index in [0.717, 1.165) is 5.56 Å². The van der Waals surface area contributed by atoms with Crippen molar-refractivity contribution in [2.45, 2.75) is 43.3 Å². The highest BCUT2D eigenvalue weighted by molar-refractivity contribution is 7.91. The molecule has 3 rings (SSSR count). The largest absolute Gasteiger partial charge is 0.493 e. The molecular weight excluding hydrogens is 476 g/mol. The predicted octanol–water partition coefficient (Wildman–Crippen LogP) is 3.87. The van der Waals surface area contributed by atoms with Crippen molar-refractivity contribution < 1.29 is 41.9 Å². The van der Waals surface area contributed by atoms with Crippen molar-refractivity contribution in [3.05, 3.63) is 35.4 Å². The highest BCUT2D eigenvalue weighted by Crippen LogP contribution is 2.48. The molecule has 1 N–H and O–H groups in total. The van der Waals surface area contributed by atoms with Crippen LogP contribution in [0.2, 0.25) is 0 Å². The van der Waals surface area contributed by atoms with Crippen LogP contribution in [0.1, 0.15) is 49.5 Å². The number of methoxy groups -OCH3 is 4. The molecule has 2 atom stereocenters. The van der Waals surface area contributed by atoms with Gasteiger partial charge >= 0.3 is 0 Å². The van der Waals surface area contributed by atoms with E-state index in [-0.39, 0.29) is 22.9 Å². The zero-order valence-corrected chi connectivity index (χ0v) is 21.6. The number of sulfone groups is 1. The molecule has 0 amide bonds. The molecule has 0 spiro atoms. The topological polar surface area (TPSA) is 110 Å². The van der Waals surface area contributed by atoms with Crippen molar-refractivity contribution in [3.8, 4) is 28.7 Å². The summed E-state index contributed by atoms with van der Waals surface area (Å²) in [7, 11) is 2.32. The molecule has 2 aromatic rings. The first-order valence-corrected chi connectivity index (χ1v) is 13.1. The Kier molecular flexibility index (Phi) is 9.09. The Bertz CT molecular complexity index is 1090. The molecule has 0 aliphatic carbocycles. The fourth-order valence-electron chi connectivity index (χ4n) is 4.16. The van der Waals surface area contributed by atoms with Gasteiger partial charge in [0.1, 0.15) is 4.90 Å². The Morgan fingerprint density at radius 3 is 1.83 bits per heavy atom. The summed E-state index contributed by atoms with van der Waals surface area (Å²) in [5, 5.41) is 9.32. The van der Waals surface area contributed by atoms with Gasteiger partial charge in [0, 0.05) is 0 Å². The van der Waals surface area contributed by atoms with Gasteiger partial charge in [-0.1, -0.05) is 6.92 Å². The summed E-state index contributed by atoms with van der Waals surface area (Å²) in [5.41, 5.74) is 1.53. The molecule has 1 fully saturated rings. The smallest absolute Gasteiger partial charge is 0.203 e. The first-order valence-electron chi connectivity index (χ1n) is 11.5. The van der Waals surface area contributed by atoms with Gasteiger partial charge in [0.2, 0.25) is 5.75 Å². The lowest BCUT2D eigenvalue weighted by Crippen LogP contribution is -2.14. The quantitative estimate of drug-likeness (QED) is 0.455. The lowest BCUT2D eigenvalue weighted by molar-refractivity contribution is 0.0435. The molecule has 35 heavy (non-hydrogen) atoms. The van der Waals surface area contributed by atoms with Crippen LogP contribution in [0, 0.1) is 0 Å². The van der Waals surface area contributed by atoms with Crippen LogP contribution in [-0.4, -0.2) is 60.9 Å². The summed E-state index contributed by atoms with van der Waals surface area (Å²) in [6.07, 6.45) is 1.45. The average molecular weight is 511 g/mol. The fraction of sp³-hybridized carbons (Fsp3) is 0.520. The van der Waals surface area contributed by atoms with Crippen LogP contribution in [-0.2, 0) is 14.6 Å². The van der Waals surface area contributed by atoms with Crippen LogP contribution in [0.3, 0.4) is 0 Å². The van der Waals surface area contributed by atoms with E-state index in [1.165, 1.54) is 7.11 Å². The van der Waals surface area contributed by atoms with Gasteiger partial charge in [-0.3, -0.25) is 0 Å². The molecular formula is C25H34O9S. The molecule has 0 bridgehead atoms. The summed E-state index contributed by atoms with van der Waals surface area (Å²) in [5.74, 6) is 1.62. The summed E-state index contributed by atoms with van der Waals surface area (Å²) in [6.45, 7) is 1.77. The Balaban J connectivity index is 1.98. The second kappa shape index (κ2) is 11.8. The molecule has 1 saturated heterocycles. The van der Waals surface area contributed by atoms with Gasteiger partial charge in [0.15, 0.2) is 32.8 Å². The van der Waals surface area contributed by atoms with E-state index in [0.29, 0.717) is 54.4 Å². The number of hydrogen-bond donors (Lipinski definition) is 1. The summed E-state index contributed by atoms with van der Waals surface area (Å²) in [6, 6.07) is 7.04. The average Bonchev–Trinajstić information content (AvgIpc) is 3.36. The Hall–Kier alpha value is -2.69. The first-order chi connectivity index (χ1) is 16.8. The molecule has 10 heteroatoms. The zero-order valence-electron chi connectivity index (χ0n) is 20.8. The monoisotopic (exact) mass is 510 g/mol. The predicted molar refractivity (Wildman–Crippen MR) is 130 cm³/mol. The third-order valence-electron chi connectivity index (χ3n) is 5.86. The summed E-state index contributed by atoms with van der Waals surface area (Å²) >= 11 is 0. The van der Waals surface area contributed by atoms with Crippen LogP contribution >= 0.6 is 0 Å². The van der Waals surface area contributed by atoms with Crippen molar-refractivity contribution >= 4 is 9.84 Å². The van der Waals surface area contributed by atoms with Crippen LogP contribution in [0.4, 0.5) is 0 Å². The normalized spacial score (nSPS) is 17.8. The van der Waals surface area contributed by atoms with E-state index in [4.69, 9.17) is 28.4 Å². The van der Waals surface area contributed by atoms with Gasteiger partial charge in [-0.15, -0.1) is 0 Å². The Labute approximate surface area is 206 Å². The molecule has 9 nitrogen and oxygen atoms in total. The molecule has 1 aliphatic rings. The van der Waals surface area contributed by atoms with E-state index < -0.39 is 22.2 Å². The van der Waals surface area contributed by atoms with Crippen LogP contribution < -0.4 is 23.7 Å². The van der Waals surface area contributed by atoms with E-state index in [1.807, 2.05) is 19.1 Å². The van der Waals surface area contributed by atoms with Gasteiger partial charge in [-0.25, -0.2) is 8.42 Å². The number of rotatable bonds is 12. The van der Waals surface area contributed by atoms with Gasteiger partial charge in [0.25, 0.3) is 0 Å². The molecule has 2 aromatic carbocycles. The van der Waals surface area contributed by atoms with Gasteiger partial charge < -0.3 is 33.5 Å². The van der Waals surface area contributed by atoms with Crippen LogP contribution in [0.15, 0.2) is 29.2 Å². The third kappa shape index (κ3) is 5.76. The SMILES string of the molecule is CCCOc1c(OC)cc([C@H]2CC[C@H](c3cc(OC)c(OC)c(OC)c3)O2)cc1S(=O)(=O)CCO. The number of aliphatic hydroxyl groups is 1. The third-order valence-corrected chi connectivity index (χ3v) is 7.55. The van der Waals surface area contributed by atoms with Crippen molar-refractivity contribution in [3.63, 3.8) is 0 Å². The van der Waals surface area contributed by atoms with E-state index in [9.17, 15) is 13.5 Å². The molecule has 194 valence electrons. The van der Waals surface area contributed by atoms with Crippen molar-refractivity contribution in [2.75, 3.05) is 47.4 Å². The van der Waals surface area contributed by atoms with Gasteiger partial charge in [-0.05, 0) is 54.7 Å². The first kappa shape index (κ1) is 26.9. The number of ether oxygens (including phenoxy) is 6. The number of aliphatic hydroxyl groups excluding tert-OH is 1. The van der Waals surface area contributed by atoms with Gasteiger partial charge in [-0.2, -0.15) is 0 Å². The minimum absolute atomic E-state index is 0.00538. The molecule has 1 heterocycles. The second-order valence-electron chi connectivity index (χ2n) is 8.09. The minimum atomic E-state index is -3.80. The van der Waals surface area contributed by atoms with Crippen LogP contribution in [0.5, 0.6) is 28.7 Å². The second-order valence-corrected chi connectivity index (χ2v) is 10.2. The molecule has 0 unspecified atom stereocenters.